The summed E-state index contributed by atoms with van der Waals surface area (Å²) in [7, 11) is 0. The topological polar surface area (TPSA) is 66.4 Å². The number of anilines is 1. The second-order valence-electron chi connectivity index (χ2n) is 5.05. The first-order chi connectivity index (χ1) is 8.97. The van der Waals surface area contributed by atoms with Crippen molar-refractivity contribution in [3.63, 3.8) is 0 Å². The molecule has 0 aliphatic heterocycles. The van der Waals surface area contributed by atoms with E-state index >= 15 is 0 Å². The Morgan fingerprint density at radius 3 is 2.63 bits per heavy atom. The zero-order valence-corrected chi connectivity index (χ0v) is 11.0. The lowest BCUT2D eigenvalue weighted by Crippen LogP contribution is -2.14. The van der Waals surface area contributed by atoms with E-state index in [0.717, 1.165) is 29.3 Å². The van der Waals surface area contributed by atoms with Gasteiger partial charge in [0.15, 0.2) is 0 Å². The Hall–Kier alpha value is -2.10. The molecule has 0 spiro atoms. The SMILES string of the molecule is Cc1cc(NC(=O)C2CC2C)ccc1/C=C/C(=O)O. The number of amides is 1. The van der Waals surface area contributed by atoms with Crippen molar-refractivity contribution < 1.29 is 14.7 Å². The molecule has 0 heterocycles. The molecule has 1 fully saturated rings. The van der Waals surface area contributed by atoms with Crippen LogP contribution < -0.4 is 5.32 Å². The van der Waals surface area contributed by atoms with Gasteiger partial charge in [-0.3, -0.25) is 4.79 Å². The number of carbonyl (C=O) groups is 2. The number of aliphatic carboxylic acids is 1. The van der Waals surface area contributed by atoms with Crippen LogP contribution in [0.25, 0.3) is 6.08 Å². The molecule has 4 heteroatoms. The Labute approximate surface area is 112 Å². The van der Waals surface area contributed by atoms with E-state index in [9.17, 15) is 9.59 Å². The maximum atomic E-state index is 11.8. The van der Waals surface area contributed by atoms with Gasteiger partial charge < -0.3 is 10.4 Å². The molecule has 0 aromatic heterocycles. The minimum absolute atomic E-state index is 0.0701. The summed E-state index contributed by atoms with van der Waals surface area (Å²) >= 11 is 0. The van der Waals surface area contributed by atoms with Gasteiger partial charge in [-0.1, -0.05) is 13.0 Å². The standard InChI is InChI=1S/C15H17NO3/c1-9-7-12(16-15(19)13-8-10(13)2)5-3-11(9)4-6-14(17)18/h3-7,10,13H,8H2,1-2H3,(H,16,19)(H,17,18)/b6-4+. The molecule has 1 aromatic carbocycles. The van der Waals surface area contributed by atoms with Gasteiger partial charge in [-0.15, -0.1) is 0 Å². The van der Waals surface area contributed by atoms with Gasteiger partial charge in [-0.2, -0.15) is 0 Å². The molecule has 100 valence electrons. The number of carboxylic acids is 1. The van der Waals surface area contributed by atoms with Crippen molar-refractivity contribution in [3.05, 3.63) is 35.4 Å². The molecule has 0 radical (unpaired) electrons. The fraction of sp³-hybridized carbons (Fsp3) is 0.333. The summed E-state index contributed by atoms with van der Waals surface area (Å²) < 4.78 is 0. The summed E-state index contributed by atoms with van der Waals surface area (Å²) in [6.07, 6.45) is 3.61. The lowest BCUT2D eigenvalue weighted by molar-refractivity contribution is -0.131. The van der Waals surface area contributed by atoms with Crippen LogP contribution in [-0.2, 0) is 9.59 Å². The quantitative estimate of drug-likeness (QED) is 0.817. The van der Waals surface area contributed by atoms with Gasteiger partial charge in [0, 0.05) is 17.7 Å². The Balaban J connectivity index is 2.06. The molecule has 4 nitrogen and oxygen atoms in total. The van der Waals surface area contributed by atoms with Crippen LogP contribution in [0.3, 0.4) is 0 Å². The van der Waals surface area contributed by atoms with Crippen molar-refractivity contribution >= 4 is 23.6 Å². The van der Waals surface area contributed by atoms with Crippen molar-refractivity contribution in [1.82, 2.24) is 0 Å². The van der Waals surface area contributed by atoms with Crippen LogP contribution in [0.5, 0.6) is 0 Å². The molecule has 1 aliphatic rings. The molecule has 1 aliphatic carbocycles. The third-order valence-corrected chi connectivity index (χ3v) is 3.39. The van der Waals surface area contributed by atoms with Crippen LogP contribution in [0.4, 0.5) is 5.69 Å². The summed E-state index contributed by atoms with van der Waals surface area (Å²) in [6, 6.07) is 5.45. The van der Waals surface area contributed by atoms with Crippen LogP contribution in [-0.4, -0.2) is 17.0 Å². The number of hydrogen-bond donors (Lipinski definition) is 2. The largest absolute Gasteiger partial charge is 0.478 e. The summed E-state index contributed by atoms with van der Waals surface area (Å²) in [4.78, 5) is 22.3. The number of aryl methyl sites for hydroxylation is 1. The molecule has 0 bridgehead atoms. The summed E-state index contributed by atoms with van der Waals surface area (Å²) in [5, 5.41) is 11.5. The maximum absolute atomic E-state index is 11.8. The summed E-state index contributed by atoms with van der Waals surface area (Å²) in [5.74, 6) is -0.272. The summed E-state index contributed by atoms with van der Waals surface area (Å²) in [6.45, 7) is 3.95. The first-order valence-electron chi connectivity index (χ1n) is 6.30. The molecule has 1 amide bonds. The Kier molecular flexibility index (Phi) is 3.69. The number of nitrogens with one attached hydrogen (secondary N) is 1. The monoisotopic (exact) mass is 259 g/mol. The third-order valence-electron chi connectivity index (χ3n) is 3.39. The van der Waals surface area contributed by atoms with Crippen molar-refractivity contribution in [2.24, 2.45) is 11.8 Å². The molecular weight excluding hydrogens is 242 g/mol. The molecular formula is C15H17NO3. The highest BCUT2D eigenvalue weighted by atomic mass is 16.4. The molecule has 2 atom stereocenters. The minimum atomic E-state index is -0.973. The van der Waals surface area contributed by atoms with Crippen molar-refractivity contribution in [2.75, 3.05) is 5.32 Å². The van der Waals surface area contributed by atoms with Gasteiger partial charge in [-0.05, 0) is 48.6 Å². The van der Waals surface area contributed by atoms with Crippen molar-refractivity contribution in [1.29, 1.82) is 0 Å². The van der Waals surface area contributed by atoms with E-state index in [1.54, 1.807) is 18.2 Å². The number of carboxylic acid groups (broad SMARTS) is 1. The fourth-order valence-electron chi connectivity index (χ4n) is 2.02. The van der Waals surface area contributed by atoms with Gasteiger partial charge >= 0.3 is 5.97 Å². The molecule has 2 N–H and O–H groups in total. The van der Waals surface area contributed by atoms with Crippen LogP contribution in [0.1, 0.15) is 24.5 Å². The number of rotatable bonds is 4. The fourth-order valence-corrected chi connectivity index (χ4v) is 2.02. The highest BCUT2D eigenvalue weighted by Crippen LogP contribution is 2.38. The van der Waals surface area contributed by atoms with Gasteiger partial charge in [0.2, 0.25) is 5.91 Å². The molecule has 1 aromatic rings. The van der Waals surface area contributed by atoms with E-state index in [4.69, 9.17) is 5.11 Å². The van der Waals surface area contributed by atoms with Crippen molar-refractivity contribution in [3.8, 4) is 0 Å². The number of hydrogen-bond acceptors (Lipinski definition) is 2. The number of carbonyl (C=O) groups excluding carboxylic acids is 1. The highest BCUT2D eigenvalue weighted by Gasteiger charge is 2.39. The second kappa shape index (κ2) is 5.26. The van der Waals surface area contributed by atoms with Gasteiger partial charge in [0.05, 0.1) is 0 Å². The third kappa shape index (κ3) is 3.44. The second-order valence-corrected chi connectivity index (χ2v) is 5.05. The molecule has 1 saturated carbocycles. The average Bonchev–Trinajstić information content (AvgIpc) is 3.05. The van der Waals surface area contributed by atoms with Gasteiger partial charge in [0.25, 0.3) is 0 Å². The molecule has 0 saturated heterocycles. The van der Waals surface area contributed by atoms with Gasteiger partial charge in [-0.25, -0.2) is 4.79 Å². The van der Waals surface area contributed by atoms with Gasteiger partial charge in [0.1, 0.15) is 0 Å². The predicted molar refractivity (Wildman–Crippen MR) is 73.7 cm³/mol. The lowest BCUT2D eigenvalue weighted by Gasteiger charge is -2.07. The normalized spacial score (nSPS) is 21.4. The number of benzene rings is 1. The molecule has 2 rings (SSSR count). The Bertz CT molecular complexity index is 548. The Morgan fingerprint density at radius 2 is 2.11 bits per heavy atom. The van der Waals surface area contributed by atoms with Crippen LogP contribution in [0, 0.1) is 18.8 Å². The van der Waals surface area contributed by atoms with Crippen LogP contribution in [0.15, 0.2) is 24.3 Å². The zero-order valence-electron chi connectivity index (χ0n) is 11.0. The zero-order chi connectivity index (χ0) is 14.0. The summed E-state index contributed by atoms with van der Waals surface area (Å²) in [5.41, 5.74) is 2.52. The highest BCUT2D eigenvalue weighted by molar-refractivity contribution is 5.94. The minimum Gasteiger partial charge on any atom is -0.478 e. The Morgan fingerprint density at radius 1 is 1.42 bits per heavy atom. The van der Waals surface area contributed by atoms with Crippen LogP contribution >= 0.6 is 0 Å². The maximum Gasteiger partial charge on any atom is 0.328 e. The van der Waals surface area contributed by atoms with E-state index in [1.165, 1.54) is 0 Å². The van der Waals surface area contributed by atoms with Crippen molar-refractivity contribution in [2.45, 2.75) is 20.3 Å². The molecule has 19 heavy (non-hydrogen) atoms. The average molecular weight is 259 g/mol. The van der Waals surface area contributed by atoms with Crippen LogP contribution in [0.2, 0.25) is 0 Å². The molecule has 2 unspecified atom stereocenters. The smallest absolute Gasteiger partial charge is 0.328 e. The van der Waals surface area contributed by atoms with E-state index in [-0.39, 0.29) is 11.8 Å². The van der Waals surface area contributed by atoms with E-state index in [2.05, 4.69) is 12.2 Å². The first-order valence-corrected chi connectivity index (χ1v) is 6.30. The first kappa shape index (κ1) is 13.3. The lowest BCUT2D eigenvalue weighted by atomic mass is 10.1. The van der Waals surface area contributed by atoms with E-state index in [0.29, 0.717) is 5.92 Å². The predicted octanol–water partition coefficient (Wildman–Crippen LogP) is 2.69. The van der Waals surface area contributed by atoms with E-state index < -0.39 is 5.97 Å². The van der Waals surface area contributed by atoms with E-state index in [1.807, 2.05) is 13.0 Å².